The molecule has 712 valence electrons. The van der Waals surface area contributed by atoms with Gasteiger partial charge >= 0.3 is 29.8 Å². The van der Waals surface area contributed by atoms with Gasteiger partial charge in [0.15, 0.2) is 93.4 Å². The van der Waals surface area contributed by atoms with Crippen molar-refractivity contribution >= 4 is 29.8 Å². The van der Waals surface area contributed by atoms with Crippen molar-refractivity contribution in [3.8, 4) is 0 Å². The minimum absolute atomic E-state index is 0.0289. The molecule has 0 saturated carbocycles. The van der Waals surface area contributed by atoms with Gasteiger partial charge < -0.3 is 124 Å². The Balaban J connectivity index is 0.709. The minimum atomic E-state index is -1.99. The predicted molar refractivity (Wildman–Crippen MR) is 478 cm³/mol. The first-order chi connectivity index (χ1) is 67.9. The van der Waals surface area contributed by atoms with Gasteiger partial charge in [0, 0.05) is 27.8 Å². The van der Waals surface area contributed by atoms with E-state index in [9.17, 15) is 9.90 Å². The summed E-state index contributed by atoms with van der Waals surface area (Å²) in [5.41, 5.74) is 4.01. The zero-order valence-corrected chi connectivity index (χ0v) is 74.0. The van der Waals surface area contributed by atoms with E-state index in [2.05, 4.69) is 0 Å². The van der Waals surface area contributed by atoms with E-state index in [0.717, 1.165) is 5.56 Å². The number of carbonyl (C=O) groups is 5. The molecule has 1 N–H and O–H groups in total. The van der Waals surface area contributed by atoms with E-state index in [-0.39, 0.29) is 67.5 Å². The highest BCUT2D eigenvalue weighted by molar-refractivity contribution is 5.91. The topological polar surface area (TPSA) is 336 Å². The lowest BCUT2D eigenvalue weighted by Crippen LogP contribution is -2.71. The number of aliphatic hydroxyl groups excluding tert-OH is 1. The second-order valence-electron chi connectivity index (χ2n) is 34.5. The molecule has 10 saturated heterocycles. The van der Waals surface area contributed by atoms with Gasteiger partial charge in [-0.15, -0.1) is 0 Å². The molecule has 0 aliphatic carbocycles. The van der Waals surface area contributed by atoms with Gasteiger partial charge in [-0.1, -0.05) is 273 Å². The van der Waals surface area contributed by atoms with Crippen LogP contribution >= 0.6 is 0 Å². The number of esters is 5. The third-order valence-corrected chi connectivity index (χ3v) is 25.5. The summed E-state index contributed by atoms with van der Waals surface area (Å²) in [5.74, 6) is -4.54. The van der Waals surface area contributed by atoms with Gasteiger partial charge in [-0.25, -0.2) is 24.0 Å². The van der Waals surface area contributed by atoms with Crippen LogP contribution in [0.1, 0.15) is 117 Å². The number of fused-ring (bicyclic) bond motifs is 5. The predicted octanol–water partition coefficient (Wildman–Crippen LogP) is 13.4. The molecule has 0 radical (unpaired) electrons. The second kappa shape index (κ2) is 42.7. The van der Waals surface area contributed by atoms with Crippen LogP contribution in [-0.4, -0.2) is 222 Å². The summed E-state index contributed by atoms with van der Waals surface area (Å²) in [6.07, 6.45) is -45.2. The fourth-order valence-corrected chi connectivity index (χ4v) is 18.7. The summed E-state index contributed by atoms with van der Waals surface area (Å²) in [7, 11) is 0. The van der Waals surface area contributed by atoms with E-state index in [1.54, 1.807) is 200 Å². The van der Waals surface area contributed by atoms with Crippen molar-refractivity contribution < 1.29 is 148 Å². The van der Waals surface area contributed by atoms with Gasteiger partial charge in [-0.3, -0.25) is 0 Å². The molecule has 10 fully saturated rings. The number of aliphatic hydroxyl groups is 1. The zero-order valence-electron chi connectivity index (χ0n) is 74.0. The number of benzene rings is 11. The van der Waals surface area contributed by atoms with Gasteiger partial charge in [0.2, 0.25) is 0 Å². The maximum absolute atomic E-state index is 15.9. The van der Waals surface area contributed by atoms with Crippen LogP contribution in [0.15, 0.2) is 334 Å². The van der Waals surface area contributed by atoms with Crippen LogP contribution in [-0.2, 0) is 125 Å². The highest BCUT2D eigenvalue weighted by Crippen LogP contribution is 2.49. The molecule has 0 bridgehead atoms. The molecule has 0 amide bonds. The first-order valence-electron chi connectivity index (χ1n) is 46.0. The molecule has 138 heavy (non-hydrogen) atoms. The standard InChI is InChI=1S/C107H98O31/c108-78-79-73(57-115-98(130-79)68-46-24-7-25-47-68)121-104(84(78)125-93(109)63-36-14-2-15-37-63)135-86-81-75(59-117-100(132-81)70-50-28-9-29-51-70)123-106(90(86)127-95(111)65-40-18-4-19-41-65)137-88-83-77(61-119-102(134-83)72-54-32-11-33-55-72)124-107(92(88)129-97(113)67-44-22-6-23-45-67)138-87-82-76(60-118-101(133-82)71-52-30-10-31-53-71)122-105(91(87)128-96(112)66-42-20-5-21-43-66)136-85-80-74(58-116-99(131-80)69-48-26-8-27-49-69)120-103(114-56-62-34-12-1-13-35-62)89(85)126-94(110)64-38-16-3-17-39-64/h1-55,73-92,98-108H,56-61H2/t73?,74?,75?,76?,77?,78-,79-,80-,81-,82-,83-,84?,85-,86-,87-,88-,89?,90?,91?,92?,98?,99?,100?,101?,102?,103+,104-,105-,106-,107-/m0/s1. The Hall–Kier alpha value is -12.1. The number of hydrogen-bond donors (Lipinski definition) is 1. The molecule has 11 aromatic rings. The van der Waals surface area contributed by atoms with Crippen molar-refractivity contribution in [3.05, 3.63) is 395 Å². The largest absolute Gasteiger partial charge is 0.450 e. The molecule has 10 aliphatic rings. The first-order valence-corrected chi connectivity index (χ1v) is 46.0. The lowest BCUT2D eigenvalue weighted by molar-refractivity contribution is -0.431. The summed E-state index contributed by atoms with van der Waals surface area (Å²) < 4.78 is 175. The molecule has 31 heteroatoms. The lowest BCUT2D eigenvalue weighted by Gasteiger charge is -2.54. The van der Waals surface area contributed by atoms with E-state index < -0.39 is 215 Å². The smallest absolute Gasteiger partial charge is 0.338 e. The molecule has 0 aromatic heterocycles. The summed E-state index contributed by atoms with van der Waals surface area (Å²) in [6.45, 7) is -1.26. The van der Waals surface area contributed by atoms with Gasteiger partial charge in [-0.2, -0.15) is 0 Å². The number of ether oxygens (including phenoxy) is 25. The molecule has 21 rings (SSSR count). The van der Waals surface area contributed by atoms with Crippen LogP contribution in [0, 0.1) is 0 Å². The monoisotopic (exact) mass is 1880 g/mol. The average Bonchev–Trinajstić information content (AvgIpc) is 0.737. The number of hydrogen-bond acceptors (Lipinski definition) is 31. The summed E-state index contributed by atoms with van der Waals surface area (Å²) in [4.78, 5) is 77.3. The quantitative estimate of drug-likeness (QED) is 0.0389. The molecular weight excluding hydrogens is 1780 g/mol. The van der Waals surface area contributed by atoms with Crippen LogP contribution < -0.4 is 0 Å². The van der Waals surface area contributed by atoms with Crippen molar-refractivity contribution in [2.24, 2.45) is 0 Å². The molecular formula is C107H98O31. The molecule has 0 spiro atoms. The number of rotatable bonds is 26. The second-order valence-corrected chi connectivity index (χ2v) is 34.5. The van der Waals surface area contributed by atoms with Gasteiger partial charge in [0.25, 0.3) is 0 Å². The van der Waals surface area contributed by atoms with Gasteiger partial charge in [0.05, 0.1) is 67.5 Å². The molecule has 31 nitrogen and oxygen atoms in total. The lowest BCUT2D eigenvalue weighted by atomic mass is 9.93. The Bertz CT molecular complexity index is 5830. The van der Waals surface area contributed by atoms with E-state index in [1.807, 2.05) is 109 Å². The fraction of sp³-hybridized carbons (Fsp3) is 0.336. The summed E-state index contributed by atoms with van der Waals surface area (Å²) in [6, 6.07) is 95.3. The van der Waals surface area contributed by atoms with Crippen molar-refractivity contribution in [2.75, 3.05) is 33.0 Å². The van der Waals surface area contributed by atoms with Gasteiger partial charge in [0.1, 0.15) is 91.6 Å². The molecule has 10 heterocycles. The Morgan fingerprint density at radius 2 is 0.420 bits per heavy atom. The molecule has 10 aliphatic heterocycles. The zero-order chi connectivity index (χ0) is 93.4. The van der Waals surface area contributed by atoms with Crippen molar-refractivity contribution in [2.45, 2.75) is 192 Å². The van der Waals surface area contributed by atoms with Crippen LogP contribution in [0.4, 0.5) is 0 Å². The minimum Gasteiger partial charge on any atom is -0.450 e. The van der Waals surface area contributed by atoms with E-state index in [1.165, 1.54) is 24.3 Å². The highest BCUT2D eigenvalue weighted by atomic mass is 16.8. The van der Waals surface area contributed by atoms with Crippen molar-refractivity contribution in [3.63, 3.8) is 0 Å². The molecule has 11 aromatic carbocycles. The Morgan fingerprint density at radius 1 is 0.225 bits per heavy atom. The first kappa shape index (κ1) is 92.3. The molecule has 15 unspecified atom stereocenters. The summed E-state index contributed by atoms with van der Waals surface area (Å²) in [5, 5.41) is 13.1. The van der Waals surface area contributed by atoms with E-state index >= 15 is 19.2 Å². The third kappa shape index (κ3) is 20.5. The Morgan fingerprint density at radius 3 is 0.674 bits per heavy atom. The maximum Gasteiger partial charge on any atom is 0.338 e. The third-order valence-electron chi connectivity index (χ3n) is 25.5. The SMILES string of the molecule is O=C(OC1[C@H](O[C@@H]2C(OC(=O)c3ccccc3)[C@H](O[C@@H]3C(OC(=O)c4ccccc4)[C@H](O[C@@H]4C(OC(=O)c5ccccc5)[C@H](O[C@@H]5C(OC(=O)c6ccccc6)[C@H](OCc6ccccc6)OC6COC(c7ccccc7)O[C@@H]65)OC5COC(c6ccccc6)O[C@@H]54)OC4COC(c5ccccc5)O[C@@H]43)OC3COC(c4ccccc4)O[C@@H]32)OC2COC(c3ccccc3)O[C@@H]2[C@@H]1O)c1ccccc1. The Kier molecular flexibility index (Phi) is 28.6. The van der Waals surface area contributed by atoms with Crippen molar-refractivity contribution in [1.82, 2.24) is 0 Å². The van der Waals surface area contributed by atoms with Gasteiger partial charge in [-0.05, 0) is 66.2 Å². The number of carbonyl (C=O) groups excluding carboxylic acids is 5. The van der Waals surface area contributed by atoms with Crippen molar-refractivity contribution in [1.29, 1.82) is 0 Å². The summed E-state index contributed by atoms with van der Waals surface area (Å²) >= 11 is 0. The highest BCUT2D eigenvalue weighted by Gasteiger charge is 2.65. The average molecular weight is 1880 g/mol. The normalized spacial score (nSPS) is 33.1. The van der Waals surface area contributed by atoms with Crippen LogP contribution in [0.3, 0.4) is 0 Å². The Labute approximate surface area is 792 Å². The van der Waals surface area contributed by atoms with E-state index in [0.29, 0.717) is 27.8 Å². The van der Waals surface area contributed by atoms with Crippen LogP contribution in [0.5, 0.6) is 0 Å². The van der Waals surface area contributed by atoms with Crippen LogP contribution in [0.2, 0.25) is 0 Å². The molecule has 30 atom stereocenters. The van der Waals surface area contributed by atoms with E-state index in [4.69, 9.17) is 118 Å². The van der Waals surface area contributed by atoms with Crippen LogP contribution in [0.25, 0.3) is 0 Å². The maximum atomic E-state index is 15.9. The fourth-order valence-electron chi connectivity index (χ4n) is 18.7.